The van der Waals surface area contributed by atoms with Gasteiger partial charge in [-0.15, -0.1) is 15.8 Å². The molecule has 5 nitrogen and oxygen atoms in total. The zero-order valence-electron chi connectivity index (χ0n) is 12.2. The number of aryl methyl sites for hydroxylation is 1. The first-order chi connectivity index (χ1) is 8.98. The van der Waals surface area contributed by atoms with E-state index in [1.165, 1.54) is 22.4 Å². The average Bonchev–Trinajstić information content (AvgIpc) is 2.82. The first-order valence-corrected chi connectivity index (χ1v) is 7.84. The van der Waals surface area contributed by atoms with E-state index >= 15 is 0 Å². The minimum atomic E-state index is -3.39. The molecule has 0 amide bonds. The Balaban J connectivity index is 0.00000361. The van der Waals surface area contributed by atoms with Gasteiger partial charge in [-0.1, -0.05) is 6.92 Å². The largest absolute Gasteiger partial charge is 1.00 e. The van der Waals surface area contributed by atoms with Crippen molar-refractivity contribution in [2.24, 2.45) is 0 Å². The fourth-order valence-electron chi connectivity index (χ4n) is 1.55. The maximum Gasteiger partial charge on any atom is 0.379 e. The van der Waals surface area contributed by atoms with Crippen molar-refractivity contribution < 1.29 is 25.4 Å². The molecule has 0 saturated heterocycles. The maximum atomic E-state index is 11.9. The number of unbranched alkanes of at least 4 members (excludes halogenated alkanes) is 2. The van der Waals surface area contributed by atoms with Crippen LogP contribution in [0.3, 0.4) is 0 Å². The maximum absolute atomic E-state index is 11.9. The highest BCUT2D eigenvalue weighted by Gasteiger charge is 2.22. The van der Waals surface area contributed by atoms with Crippen molar-refractivity contribution in [3.05, 3.63) is 18.7 Å². The third kappa shape index (κ3) is 5.53. The van der Waals surface area contributed by atoms with Crippen LogP contribution in [0.4, 0.5) is 0 Å². The van der Waals surface area contributed by atoms with E-state index in [9.17, 15) is 8.42 Å². The zero-order valence-corrected chi connectivity index (χ0v) is 13.8. The van der Waals surface area contributed by atoms with Crippen molar-refractivity contribution in [3.63, 3.8) is 0 Å². The van der Waals surface area contributed by atoms with Crippen molar-refractivity contribution in [2.75, 3.05) is 14.1 Å². The van der Waals surface area contributed by atoms with Crippen molar-refractivity contribution >= 4 is 10.2 Å². The van der Waals surface area contributed by atoms with Crippen LogP contribution < -0.4 is 17.0 Å². The van der Waals surface area contributed by atoms with E-state index in [4.69, 9.17) is 0 Å². The van der Waals surface area contributed by atoms with E-state index in [1.54, 1.807) is 18.7 Å². The van der Waals surface area contributed by atoms with Crippen LogP contribution >= 0.6 is 0 Å². The quantitative estimate of drug-likeness (QED) is 0.346. The van der Waals surface area contributed by atoms with Gasteiger partial charge in [0.1, 0.15) is 12.4 Å². The van der Waals surface area contributed by atoms with E-state index in [1.807, 2.05) is 11.5 Å². The van der Waals surface area contributed by atoms with E-state index in [2.05, 4.69) is 11.8 Å². The number of aromatic nitrogens is 2. The van der Waals surface area contributed by atoms with Gasteiger partial charge in [-0.05, 0) is 12.8 Å². The van der Waals surface area contributed by atoms with Crippen molar-refractivity contribution in [3.8, 4) is 11.8 Å². The third-order valence-electron chi connectivity index (χ3n) is 2.66. The predicted octanol–water partition coefficient (Wildman–Crippen LogP) is -1.98. The molecule has 1 aromatic heterocycles. The van der Waals surface area contributed by atoms with Gasteiger partial charge in [0.2, 0.25) is 0 Å². The molecule has 0 aliphatic rings. The highest BCUT2D eigenvalue weighted by Crippen LogP contribution is 1.99. The van der Waals surface area contributed by atoms with Gasteiger partial charge < -0.3 is 12.4 Å². The molecule has 114 valence electrons. The van der Waals surface area contributed by atoms with Gasteiger partial charge in [-0.2, -0.15) is 12.7 Å². The molecule has 1 heterocycles. The Morgan fingerprint density at radius 2 is 1.95 bits per heavy atom. The van der Waals surface area contributed by atoms with Crippen LogP contribution in [0.15, 0.2) is 18.7 Å². The summed E-state index contributed by atoms with van der Waals surface area (Å²) in [4.78, 5) is 0. The van der Waals surface area contributed by atoms with Crippen LogP contribution in [-0.2, 0) is 16.8 Å². The summed E-state index contributed by atoms with van der Waals surface area (Å²) >= 11 is 0. The fourth-order valence-corrected chi connectivity index (χ4v) is 2.38. The lowest BCUT2D eigenvalue weighted by Gasteiger charge is -2.05. The molecule has 0 aliphatic carbocycles. The molecule has 0 aromatic carbocycles. The Labute approximate surface area is 128 Å². The molecule has 0 aliphatic heterocycles. The Kier molecular flexibility index (Phi) is 8.54. The van der Waals surface area contributed by atoms with Crippen molar-refractivity contribution in [1.82, 2.24) is 8.28 Å². The molecule has 0 spiro atoms. The molecule has 1 rings (SSSR count). The summed E-state index contributed by atoms with van der Waals surface area (Å²) in [5, 5.41) is 0. The highest BCUT2D eigenvalue weighted by molar-refractivity contribution is 7.87. The SMILES string of the molecule is CCC#CCCCC[n+]1ccn(S(=O)(=O)N(C)C)c1.[Cl-]. The van der Waals surface area contributed by atoms with Crippen LogP contribution in [0.1, 0.15) is 32.6 Å². The summed E-state index contributed by atoms with van der Waals surface area (Å²) < 4.78 is 28.0. The average molecular weight is 320 g/mol. The first-order valence-electron chi connectivity index (χ1n) is 6.44. The van der Waals surface area contributed by atoms with Crippen LogP contribution in [0.5, 0.6) is 0 Å². The Morgan fingerprint density at radius 3 is 2.55 bits per heavy atom. The summed E-state index contributed by atoms with van der Waals surface area (Å²) in [5.41, 5.74) is 0. The molecule has 0 radical (unpaired) electrons. The second kappa shape index (κ2) is 9.01. The standard InChI is InChI=1S/C13H22N3O2S.ClH/c1-4-5-6-7-8-9-10-15-11-12-16(13-15)19(17,18)14(2)3;/h11-13H,4,7-10H2,1-3H3;1H/q+1;/p-1. The third-order valence-corrected chi connectivity index (χ3v) is 4.34. The van der Waals surface area contributed by atoms with E-state index in [0.717, 1.165) is 32.2 Å². The molecule has 0 atom stereocenters. The van der Waals surface area contributed by atoms with Gasteiger partial charge in [0, 0.05) is 26.9 Å². The number of nitrogens with zero attached hydrogens (tertiary/aromatic N) is 3. The lowest BCUT2D eigenvalue weighted by atomic mass is 10.2. The molecule has 0 fully saturated rings. The molecule has 0 unspecified atom stereocenters. The lowest BCUT2D eigenvalue weighted by Crippen LogP contribution is -3.00. The molecule has 1 aromatic rings. The second-order valence-corrected chi connectivity index (χ2v) is 6.48. The normalized spacial score (nSPS) is 10.8. The summed E-state index contributed by atoms with van der Waals surface area (Å²) in [7, 11) is -0.352. The first kappa shape index (κ1) is 19.0. The topological polar surface area (TPSA) is 46.2 Å². The smallest absolute Gasteiger partial charge is 0.379 e. The molecule has 0 bridgehead atoms. The molecule has 7 heteroatoms. The second-order valence-electron chi connectivity index (χ2n) is 4.44. The van der Waals surface area contributed by atoms with Gasteiger partial charge in [0.25, 0.3) is 6.33 Å². The molecular formula is C13H22ClN3O2S. The molecule has 0 saturated carbocycles. The van der Waals surface area contributed by atoms with Gasteiger partial charge >= 0.3 is 10.2 Å². The summed E-state index contributed by atoms with van der Waals surface area (Å²) in [6.45, 7) is 2.85. The summed E-state index contributed by atoms with van der Waals surface area (Å²) in [6, 6.07) is 0. The number of imidazole rings is 1. The zero-order chi connectivity index (χ0) is 14.3. The van der Waals surface area contributed by atoms with Gasteiger partial charge in [-0.25, -0.2) is 4.57 Å². The van der Waals surface area contributed by atoms with E-state index in [0.29, 0.717) is 0 Å². The minimum Gasteiger partial charge on any atom is -1.00 e. The van der Waals surface area contributed by atoms with Gasteiger partial charge in [0.05, 0.1) is 6.54 Å². The fraction of sp³-hybridized carbons (Fsp3) is 0.615. The molecular weight excluding hydrogens is 298 g/mol. The lowest BCUT2D eigenvalue weighted by molar-refractivity contribution is -0.696. The van der Waals surface area contributed by atoms with Crippen molar-refractivity contribution in [1.29, 1.82) is 0 Å². The number of halogens is 1. The number of rotatable bonds is 6. The van der Waals surface area contributed by atoms with E-state index in [-0.39, 0.29) is 12.4 Å². The highest BCUT2D eigenvalue weighted by atomic mass is 35.5. The number of hydrogen-bond acceptors (Lipinski definition) is 2. The van der Waals surface area contributed by atoms with Crippen molar-refractivity contribution in [2.45, 2.75) is 39.2 Å². The van der Waals surface area contributed by atoms with Crippen LogP contribution in [0.2, 0.25) is 0 Å². The Morgan fingerprint density at radius 1 is 1.25 bits per heavy atom. The van der Waals surface area contributed by atoms with Gasteiger partial charge in [-0.3, -0.25) is 0 Å². The molecule has 20 heavy (non-hydrogen) atoms. The van der Waals surface area contributed by atoms with Crippen LogP contribution in [-0.4, -0.2) is 30.8 Å². The van der Waals surface area contributed by atoms with E-state index < -0.39 is 10.2 Å². The summed E-state index contributed by atoms with van der Waals surface area (Å²) in [5.74, 6) is 6.14. The van der Waals surface area contributed by atoms with Crippen LogP contribution in [0.25, 0.3) is 0 Å². The Bertz CT molecular complexity index is 556. The Hall–Kier alpha value is -1.03. The molecule has 0 N–H and O–H groups in total. The minimum absolute atomic E-state index is 0. The predicted molar refractivity (Wildman–Crippen MR) is 74.5 cm³/mol. The monoisotopic (exact) mass is 319 g/mol. The van der Waals surface area contributed by atoms with Crippen LogP contribution in [0, 0.1) is 11.8 Å². The number of hydrogen-bond donors (Lipinski definition) is 0. The summed E-state index contributed by atoms with van der Waals surface area (Å²) in [6.07, 6.45) is 8.78. The van der Waals surface area contributed by atoms with Gasteiger partial charge in [0.15, 0.2) is 0 Å².